The Morgan fingerprint density at radius 1 is 1.00 bits per heavy atom. The average molecular weight is 394 g/mol. The van der Waals surface area contributed by atoms with Gasteiger partial charge < -0.3 is 20.7 Å². The minimum atomic E-state index is -0.142. The molecular formula is C24H31N3O2. The smallest absolute Gasteiger partial charge is 0.251 e. The molecule has 0 aliphatic rings. The molecule has 2 aromatic rings. The molecule has 0 heterocycles. The maximum absolute atomic E-state index is 12.3. The molecule has 0 spiro atoms. The normalized spacial score (nSPS) is 10.9. The van der Waals surface area contributed by atoms with Crippen LogP contribution in [-0.2, 0) is 11.3 Å². The predicted octanol–water partition coefficient (Wildman–Crippen LogP) is 2.55. The molecule has 0 unspecified atom stereocenters. The second-order valence-corrected chi connectivity index (χ2v) is 7.51. The molecule has 2 aromatic carbocycles. The van der Waals surface area contributed by atoms with Gasteiger partial charge in [-0.2, -0.15) is 0 Å². The molecule has 0 fully saturated rings. The van der Waals surface area contributed by atoms with E-state index < -0.39 is 0 Å². The van der Waals surface area contributed by atoms with Crippen molar-refractivity contribution in [2.75, 3.05) is 33.9 Å². The Morgan fingerprint density at radius 3 is 2.14 bits per heavy atom. The summed E-state index contributed by atoms with van der Waals surface area (Å²) in [5.41, 5.74) is 3.54. The van der Waals surface area contributed by atoms with Crippen LogP contribution < -0.4 is 16.0 Å². The van der Waals surface area contributed by atoms with Gasteiger partial charge in [-0.05, 0) is 62.9 Å². The molecule has 0 saturated heterocycles. The van der Waals surface area contributed by atoms with Crippen molar-refractivity contribution in [2.45, 2.75) is 25.9 Å². The number of carbonyl (C=O) groups is 1. The Morgan fingerprint density at radius 2 is 1.59 bits per heavy atom. The number of methoxy groups -OCH3 is 1. The van der Waals surface area contributed by atoms with E-state index in [2.05, 4.69) is 39.9 Å². The molecule has 0 saturated carbocycles. The van der Waals surface area contributed by atoms with Crippen molar-refractivity contribution >= 4 is 5.91 Å². The van der Waals surface area contributed by atoms with E-state index in [1.165, 1.54) is 5.56 Å². The monoisotopic (exact) mass is 393 g/mol. The van der Waals surface area contributed by atoms with Gasteiger partial charge in [0.1, 0.15) is 0 Å². The maximum atomic E-state index is 12.3. The molecule has 5 nitrogen and oxygen atoms in total. The Labute approximate surface area is 174 Å². The molecule has 154 valence electrons. The van der Waals surface area contributed by atoms with Crippen molar-refractivity contribution in [3.05, 3.63) is 70.8 Å². The zero-order chi connectivity index (χ0) is 21.1. The molecule has 0 atom stereocenters. The highest BCUT2D eigenvalue weighted by molar-refractivity contribution is 5.94. The van der Waals surface area contributed by atoms with Crippen molar-refractivity contribution in [3.63, 3.8) is 0 Å². The summed E-state index contributed by atoms with van der Waals surface area (Å²) in [4.78, 5) is 12.3. The molecule has 0 aliphatic carbocycles. The minimum Gasteiger partial charge on any atom is -0.383 e. The highest BCUT2D eigenvalue weighted by atomic mass is 16.5. The molecule has 0 radical (unpaired) electrons. The van der Waals surface area contributed by atoms with E-state index in [0.29, 0.717) is 18.7 Å². The van der Waals surface area contributed by atoms with Gasteiger partial charge in [-0.25, -0.2) is 0 Å². The van der Waals surface area contributed by atoms with Gasteiger partial charge in [0.2, 0.25) is 0 Å². The number of carbonyl (C=O) groups excluding carboxylic acids is 1. The van der Waals surface area contributed by atoms with Crippen LogP contribution in [0.2, 0.25) is 0 Å². The standard InChI is InChI=1S/C24H31N3O2/c1-24(2,25-3)18-27-23(28)22-13-11-20(12-14-22)6-5-19-7-9-21(10-8-19)17-26-15-16-29-4/h7-14,25-26H,15-18H2,1-4H3,(H,27,28). The van der Waals surface area contributed by atoms with Crippen molar-refractivity contribution in [1.82, 2.24) is 16.0 Å². The number of benzene rings is 2. The van der Waals surface area contributed by atoms with E-state index in [0.717, 1.165) is 24.2 Å². The van der Waals surface area contributed by atoms with Gasteiger partial charge in [0.15, 0.2) is 0 Å². The number of ether oxygens (including phenoxy) is 1. The Kier molecular flexibility index (Phi) is 8.88. The van der Waals surface area contributed by atoms with Crippen molar-refractivity contribution in [3.8, 4) is 11.8 Å². The second kappa shape index (κ2) is 11.4. The van der Waals surface area contributed by atoms with Gasteiger partial charge >= 0.3 is 0 Å². The van der Waals surface area contributed by atoms with Crippen LogP contribution >= 0.6 is 0 Å². The summed E-state index contributed by atoms with van der Waals surface area (Å²) < 4.78 is 5.02. The summed E-state index contributed by atoms with van der Waals surface area (Å²) in [5, 5.41) is 9.43. The van der Waals surface area contributed by atoms with Crippen LogP contribution in [0.1, 0.15) is 40.9 Å². The van der Waals surface area contributed by atoms with Gasteiger partial charge in [-0.1, -0.05) is 24.0 Å². The van der Waals surface area contributed by atoms with Crippen molar-refractivity contribution < 1.29 is 9.53 Å². The minimum absolute atomic E-state index is 0.0810. The van der Waals surface area contributed by atoms with E-state index in [9.17, 15) is 4.79 Å². The maximum Gasteiger partial charge on any atom is 0.251 e. The molecule has 0 bridgehead atoms. The molecule has 29 heavy (non-hydrogen) atoms. The quantitative estimate of drug-likeness (QED) is 0.453. The van der Waals surface area contributed by atoms with Gasteiger partial charge in [0.25, 0.3) is 5.91 Å². The summed E-state index contributed by atoms with van der Waals surface area (Å²) in [6.07, 6.45) is 0. The van der Waals surface area contributed by atoms with Gasteiger partial charge in [-0.3, -0.25) is 4.79 Å². The van der Waals surface area contributed by atoms with Crippen LogP contribution in [0.15, 0.2) is 48.5 Å². The van der Waals surface area contributed by atoms with E-state index >= 15 is 0 Å². The first-order valence-electron chi connectivity index (χ1n) is 9.81. The van der Waals surface area contributed by atoms with Crippen LogP contribution in [0, 0.1) is 11.8 Å². The van der Waals surface area contributed by atoms with Crippen LogP contribution in [-0.4, -0.2) is 45.3 Å². The molecule has 3 N–H and O–H groups in total. The van der Waals surface area contributed by atoms with E-state index in [4.69, 9.17) is 4.74 Å². The molecular weight excluding hydrogens is 362 g/mol. The molecule has 1 amide bonds. The first kappa shape index (κ1) is 22.6. The summed E-state index contributed by atoms with van der Waals surface area (Å²) in [6.45, 7) is 6.98. The zero-order valence-electron chi connectivity index (χ0n) is 17.8. The number of hydrogen-bond donors (Lipinski definition) is 3. The fourth-order valence-electron chi connectivity index (χ4n) is 2.45. The lowest BCUT2D eigenvalue weighted by Gasteiger charge is -2.24. The van der Waals surface area contributed by atoms with E-state index in [-0.39, 0.29) is 11.4 Å². The Bertz CT molecular complexity index is 831. The average Bonchev–Trinajstić information content (AvgIpc) is 2.75. The Balaban J connectivity index is 1.90. The highest BCUT2D eigenvalue weighted by Gasteiger charge is 2.16. The van der Waals surface area contributed by atoms with Crippen LogP contribution in [0.5, 0.6) is 0 Å². The highest BCUT2D eigenvalue weighted by Crippen LogP contribution is 2.07. The molecule has 0 aliphatic heterocycles. The number of nitrogens with one attached hydrogen (secondary N) is 3. The summed E-state index contributed by atoms with van der Waals surface area (Å²) >= 11 is 0. The third-order valence-corrected chi connectivity index (χ3v) is 4.63. The SMILES string of the molecule is CNC(C)(C)CNC(=O)c1ccc(C#Cc2ccc(CNCCOC)cc2)cc1. The third kappa shape index (κ3) is 8.08. The first-order valence-corrected chi connectivity index (χ1v) is 9.81. The topological polar surface area (TPSA) is 62.4 Å². The number of rotatable bonds is 9. The molecule has 0 aromatic heterocycles. The van der Waals surface area contributed by atoms with Crippen LogP contribution in [0.25, 0.3) is 0 Å². The lowest BCUT2D eigenvalue weighted by Crippen LogP contribution is -2.47. The van der Waals surface area contributed by atoms with Gasteiger partial charge in [-0.15, -0.1) is 0 Å². The van der Waals surface area contributed by atoms with Gasteiger partial charge in [0.05, 0.1) is 6.61 Å². The fraction of sp³-hybridized carbons (Fsp3) is 0.375. The summed E-state index contributed by atoms with van der Waals surface area (Å²) in [7, 11) is 3.58. The van der Waals surface area contributed by atoms with Crippen LogP contribution in [0.3, 0.4) is 0 Å². The lowest BCUT2D eigenvalue weighted by atomic mass is 10.1. The molecule has 5 heteroatoms. The van der Waals surface area contributed by atoms with E-state index in [1.807, 2.05) is 45.2 Å². The zero-order valence-corrected chi connectivity index (χ0v) is 17.8. The number of amides is 1. The largest absolute Gasteiger partial charge is 0.383 e. The van der Waals surface area contributed by atoms with E-state index in [1.54, 1.807) is 19.2 Å². The first-order chi connectivity index (χ1) is 13.9. The third-order valence-electron chi connectivity index (χ3n) is 4.63. The van der Waals surface area contributed by atoms with Gasteiger partial charge in [0, 0.05) is 49.0 Å². The second-order valence-electron chi connectivity index (χ2n) is 7.51. The summed E-state index contributed by atoms with van der Waals surface area (Å²) in [6, 6.07) is 15.5. The van der Waals surface area contributed by atoms with Crippen LogP contribution in [0.4, 0.5) is 0 Å². The number of likely N-dealkylation sites (N-methyl/N-ethyl adjacent to an activating group) is 1. The Hall–Kier alpha value is -2.65. The lowest BCUT2D eigenvalue weighted by molar-refractivity contribution is 0.0943. The van der Waals surface area contributed by atoms with Crippen molar-refractivity contribution in [2.24, 2.45) is 0 Å². The fourth-order valence-corrected chi connectivity index (χ4v) is 2.45. The summed E-state index contributed by atoms with van der Waals surface area (Å²) in [5.74, 6) is 6.23. The predicted molar refractivity (Wildman–Crippen MR) is 118 cm³/mol. The molecule has 2 rings (SSSR count). The van der Waals surface area contributed by atoms with Crippen molar-refractivity contribution in [1.29, 1.82) is 0 Å². The number of hydrogen-bond acceptors (Lipinski definition) is 4.